The van der Waals surface area contributed by atoms with Gasteiger partial charge in [-0.15, -0.1) is 0 Å². The van der Waals surface area contributed by atoms with Crippen molar-refractivity contribution in [1.82, 2.24) is 4.57 Å². The number of fused-ring (bicyclic) bond motifs is 5. The predicted molar refractivity (Wildman–Crippen MR) is 118 cm³/mol. The topological polar surface area (TPSA) is 72.4 Å². The first-order chi connectivity index (χ1) is 14.3. The highest BCUT2D eigenvalue weighted by atomic mass is 32.1. The molecular weight excluding hydrogens is 398 g/mol. The number of benzene rings is 1. The quantitative estimate of drug-likeness (QED) is 0.444. The molecule has 0 saturated carbocycles. The van der Waals surface area contributed by atoms with E-state index in [1.807, 2.05) is 22.1 Å². The molecule has 152 valence electrons. The molecule has 0 amide bonds. The normalized spacial score (nSPS) is 15.8. The Hall–Kier alpha value is -3.12. The van der Waals surface area contributed by atoms with Crippen LogP contribution in [0.2, 0.25) is 0 Å². The number of thiophene rings is 1. The zero-order valence-electron chi connectivity index (χ0n) is 16.9. The first-order valence-corrected chi connectivity index (χ1v) is 10.8. The maximum absolute atomic E-state index is 12.5. The van der Waals surface area contributed by atoms with Crippen molar-refractivity contribution < 1.29 is 14.3 Å². The molecule has 1 N–H and O–H groups in total. The van der Waals surface area contributed by atoms with Gasteiger partial charge in [-0.2, -0.15) is 11.3 Å². The Kier molecular flexibility index (Phi) is 4.05. The maximum Gasteiger partial charge on any atom is 0.341 e. The number of pyridine rings is 1. The van der Waals surface area contributed by atoms with E-state index >= 15 is 0 Å². The second-order valence-corrected chi connectivity index (χ2v) is 9.62. The molecule has 1 aliphatic heterocycles. The molecule has 0 bridgehead atoms. The zero-order chi connectivity index (χ0) is 21.2. The van der Waals surface area contributed by atoms with Crippen LogP contribution in [0.3, 0.4) is 0 Å². The van der Waals surface area contributed by atoms with Crippen molar-refractivity contribution in [3.63, 3.8) is 0 Å². The number of para-hydroxylation sites is 1. The minimum absolute atomic E-state index is 0.00990. The van der Waals surface area contributed by atoms with Crippen LogP contribution in [0.1, 0.15) is 42.7 Å². The molecular formula is C24H21NO4S. The molecule has 1 aliphatic rings. The second-order valence-electron chi connectivity index (χ2n) is 8.84. The van der Waals surface area contributed by atoms with E-state index in [-0.39, 0.29) is 17.0 Å². The predicted octanol–water partition coefficient (Wildman–Crippen LogP) is 5.83. The molecule has 0 spiro atoms. The highest BCUT2D eigenvalue weighted by molar-refractivity contribution is 7.08. The number of nitrogens with zero attached hydrogens (tertiary/aromatic N) is 1. The molecule has 0 saturated heterocycles. The third-order valence-corrected chi connectivity index (χ3v) is 6.61. The molecule has 0 aliphatic carbocycles. The van der Waals surface area contributed by atoms with Crippen LogP contribution >= 0.6 is 11.3 Å². The van der Waals surface area contributed by atoms with Crippen LogP contribution in [0.15, 0.2) is 56.5 Å². The number of furan rings is 1. The SMILES string of the molecule is CC(C)(C)C1Cc2c(oc3c(-c4ccsc4)cccc23)-c2cc(=O)c(C(=O)O)cn21. The summed E-state index contributed by atoms with van der Waals surface area (Å²) in [5, 5.41) is 14.6. The Bertz CT molecular complexity index is 1350. The summed E-state index contributed by atoms with van der Waals surface area (Å²) in [6.45, 7) is 6.39. The number of carboxylic acid groups (broad SMARTS) is 1. The highest BCUT2D eigenvalue weighted by Crippen LogP contribution is 2.47. The second kappa shape index (κ2) is 6.44. The van der Waals surface area contributed by atoms with Crippen molar-refractivity contribution in [3.8, 4) is 22.6 Å². The van der Waals surface area contributed by atoms with Gasteiger partial charge in [-0.25, -0.2) is 4.79 Å². The van der Waals surface area contributed by atoms with Crippen LogP contribution in [0.25, 0.3) is 33.6 Å². The first kappa shape index (κ1) is 18.9. The summed E-state index contributed by atoms with van der Waals surface area (Å²) < 4.78 is 8.30. The number of hydrogen-bond acceptors (Lipinski definition) is 4. The Balaban J connectivity index is 1.84. The summed E-state index contributed by atoms with van der Waals surface area (Å²) in [5.41, 5.74) is 3.76. The van der Waals surface area contributed by atoms with E-state index in [0.717, 1.165) is 27.7 Å². The molecule has 5 rings (SSSR count). The standard InChI is InChI=1S/C24H21NO4S/c1-24(2,3)20-9-16-15-6-4-5-14(13-7-8-30-12-13)21(15)29-22(16)18-10-19(26)17(23(27)28)11-25(18)20/h4-8,10-12,20H,9H2,1-3H3,(H,27,28). The lowest BCUT2D eigenvalue weighted by molar-refractivity contribution is 0.0693. The summed E-state index contributed by atoms with van der Waals surface area (Å²) >= 11 is 1.63. The van der Waals surface area contributed by atoms with Gasteiger partial charge in [0.1, 0.15) is 11.1 Å². The van der Waals surface area contributed by atoms with Crippen molar-refractivity contribution in [2.24, 2.45) is 5.41 Å². The number of aromatic carboxylic acids is 1. The zero-order valence-corrected chi connectivity index (χ0v) is 17.7. The highest BCUT2D eigenvalue weighted by Gasteiger charge is 2.36. The monoisotopic (exact) mass is 419 g/mol. The Morgan fingerprint density at radius 3 is 2.73 bits per heavy atom. The van der Waals surface area contributed by atoms with Crippen LogP contribution in [0.4, 0.5) is 0 Å². The van der Waals surface area contributed by atoms with E-state index in [0.29, 0.717) is 17.9 Å². The molecule has 5 nitrogen and oxygen atoms in total. The lowest BCUT2D eigenvalue weighted by Crippen LogP contribution is -2.32. The van der Waals surface area contributed by atoms with E-state index in [1.165, 1.54) is 12.3 Å². The van der Waals surface area contributed by atoms with Crippen LogP contribution in [-0.4, -0.2) is 15.6 Å². The molecule has 1 aromatic carbocycles. The molecule has 3 aromatic heterocycles. The number of carbonyl (C=O) groups is 1. The van der Waals surface area contributed by atoms with Gasteiger partial charge in [-0.1, -0.05) is 39.0 Å². The molecule has 30 heavy (non-hydrogen) atoms. The van der Waals surface area contributed by atoms with Gasteiger partial charge < -0.3 is 14.1 Å². The van der Waals surface area contributed by atoms with E-state index in [2.05, 4.69) is 38.3 Å². The van der Waals surface area contributed by atoms with E-state index in [4.69, 9.17) is 4.42 Å². The van der Waals surface area contributed by atoms with Gasteiger partial charge in [-0.3, -0.25) is 4.79 Å². The fourth-order valence-corrected chi connectivity index (χ4v) is 5.05. The fraction of sp³-hybridized carbons (Fsp3) is 0.250. The van der Waals surface area contributed by atoms with Crippen molar-refractivity contribution in [2.45, 2.75) is 33.2 Å². The molecule has 6 heteroatoms. The van der Waals surface area contributed by atoms with Gasteiger partial charge in [0, 0.05) is 34.8 Å². The van der Waals surface area contributed by atoms with E-state index in [1.54, 1.807) is 11.3 Å². The molecule has 0 radical (unpaired) electrons. The Morgan fingerprint density at radius 2 is 2.07 bits per heavy atom. The van der Waals surface area contributed by atoms with Crippen LogP contribution in [0.5, 0.6) is 0 Å². The third kappa shape index (κ3) is 2.75. The van der Waals surface area contributed by atoms with Gasteiger partial charge in [0.2, 0.25) is 0 Å². The summed E-state index contributed by atoms with van der Waals surface area (Å²) in [5.74, 6) is -0.555. The van der Waals surface area contributed by atoms with Crippen molar-refractivity contribution in [2.75, 3.05) is 0 Å². The summed E-state index contributed by atoms with van der Waals surface area (Å²) in [6, 6.07) is 9.60. The first-order valence-electron chi connectivity index (χ1n) is 9.82. The van der Waals surface area contributed by atoms with Crippen molar-refractivity contribution in [3.05, 3.63) is 68.6 Å². The van der Waals surface area contributed by atoms with Crippen LogP contribution in [0, 0.1) is 5.41 Å². The summed E-state index contributed by atoms with van der Waals surface area (Å²) in [6.07, 6.45) is 2.18. The molecule has 4 aromatic rings. The summed E-state index contributed by atoms with van der Waals surface area (Å²) in [4.78, 5) is 24.1. The van der Waals surface area contributed by atoms with Gasteiger partial charge in [0.05, 0.1) is 5.69 Å². The van der Waals surface area contributed by atoms with E-state index < -0.39 is 11.4 Å². The minimum Gasteiger partial charge on any atom is -0.477 e. The average molecular weight is 420 g/mol. The summed E-state index contributed by atoms with van der Waals surface area (Å²) in [7, 11) is 0. The van der Waals surface area contributed by atoms with Gasteiger partial charge in [0.15, 0.2) is 11.2 Å². The average Bonchev–Trinajstić information content (AvgIpc) is 3.33. The maximum atomic E-state index is 12.5. The minimum atomic E-state index is -1.21. The van der Waals surface area contributed by atoms with Gasteiger partial charge >= 0.3 is 5.97 Å². The molecule has 0 fully saturated rings. The molecule has 4 heterocycles. The smallest absolute Gasteiger partial charge is 0.341 e. The molecule has 1 atom stereocenters. The third-order valence-electron chi connectivity index (χ3n) is 5.93. The number of rotatable bonds is 2. The lowest BCUT2D eigenvalue weighted by atomic mass is 9.79. The number of hydrogen-bond donors (Lipinski definition) is 1. The van der Waals surface area contributed by atoms with Crippen molar-refractivity contribution in [1.29, 1.82) is 0 Å². The number of aromatic nitrogens is 1. The van der Waals surface area contributed by atoms with E-state index in [9.17, 15) is 14.7 Å². The lowest BCUT2D eigenvalue weighted by Gasteiger charge is -2.37. The van der Waals surface area contributed by atoms with Crippen LogP contribution in [-0.2, 0) is 6.42 Å². The molecule has 1 unspecified atom stereocenters. The Labute approximate surface area is 177 Å². The van der Waals surface area contributed by atoms with Crippen molar-refractivity contribution >= 4 is 28.3 Å². The fourth-order valence-electron chi connectivity index (χ4n) is 4.39. The van der Waals surface area contributed by atoms with Gasteiger partial charge in [0.25, 0.3) is 0 Å². The largest absolute Gasteiger partial charge is 0.477 e. The van der Waals surface area contributed by atoms with Gasteiger partial charge in [-0.05, 0) is 34.2 Å². The Morgan fingerprint density at radius 1 is 1.27 bits per heavy atom. The van der Waals surface area contributed by atoms with Crippen LogP contribution < -0.4 is 5.43 Å². The number of carboxylic acids is 1.